The zero-order valence-corrected chi connectivity index (χ0v) is 12.9. The molecule has 0 aromatic carbocycles. The van der Waals surface area contributed by atoms with E-state index in [0.717, 1.165) is 19.3 Å². The third kappa shape index (κ3) is 4.41. The molecule has 2 fully saturated rings. The van der Waals surface area contributed by atoms with Crippen LogP contribution in [-0.4, -0.2) is 45.6 Å². The molecule has 2 atom stereocenters. The Morgan fingerprint density at radius 3 is 2.63 bits per heavy atom. The van der Waals surface area contributed by atoms with Gasteiger partial charge in [-0.25, -0.2) is 13.1 Å². The van der Waals surface area contributed by atoms with E-state index in [1.807, 2.05) is 20.8 Å². The van der Waals surface area contributed by atoms with Gasteiger partial charge < -0.3 is 9.47 Å². The van der Waals surface area contributed by atoms with Gasteiger partial charge in [0, 0.05) is 25.7 Å². The molecule has 5 nitrogen and oxygen atoms in total. The maximum Gasteiger partial charge on any atom is 0.212 e. The molecule has 2 rings (SSSR count). The van der Waals surface area contributed by atoms with Crippen molar-refractivity contribution in [3.05, 3.63) is 0 Å². The smallest absolute Gasteiger partial charge is 0.212 e. The molecule has 0 aromatic rings. The molecule has 0 amide bonds. The molecule has 0 saturated carbocycles. The summed E-state index contributed by atoms with van der Waals surface area (Å²) in [5, 5.41) is 0. The Bertz CT molecular complexity index is 407. The topological polar surface area (TPSA) is 64.6 Å². The Kier molecular flexibility index (Phi) is 4.26. The van der Waals surface area contributed by atoms with E-state index in [1.165, 1.54) is 0 Å². The molecule has 2 heterocycles. The Labute approximate surface area is 116 Å². The third-order valence-electron chi connectivity index (χ3n) is 3.53. The zero-order valence-electron chi connectivity index (χ0n) is 12.1. The fourth-order valence-electron chi connectivity index (χ4n) is 2.86. The summed E-state index contributed by atoms with van der Waals surface area (Å²) in [6.07, 6.45) is 2.33. The number of hydrogen-bond acceptors (Lipinski definition) is 4. The van der Waals surface area contributed by atoms with Crippen molar-refractivity contribution in [1.82, 2.24) is 4.72 Å². The van der Waals surface area contributed by atoms with Crippen LogP contribution in [0.15, 0.2) is 0 Å². The second-order valence-electron chi connectivity index (χ2n) is 6.96. The molecule has 2 aliphatic heterocycles. The quantitative estimate of drug-likeness (QED) is 0.851. The standard InChI is InChI=1S/C13H25NO4S/c1-12(2,3)10-19(15,16)14-11-4-6-18-13(8-11)5-7-17-9-13/h11,14H,4-10H2,1-3H3/t11-,13-/m0/s1. The van der Waals surface area contributed by atoms with Gasteiger partial charge in [-0.05, 0) is 18.3 Å². The molecule has 0 unspecified atom stereocenters. The Morgan fingerprint density at radius 1 is 1.32 bits per heavy atom. The van der Waals surface area contributed by atoms with Crippen LogP contribution in [0, 0.1) is 5.41 Å². The first kappa shape index (κ1) is 15.2. The minimum absolute atomic E-state index is 0.0252. The highest BCUT2D eigenvalue weighted by atomic mass is 32.2. The molecule has 19 heavy (non-hydrogen) atoms. The summed E-state index contributed by atoms with van der Waals surface area (Å²) in [5.74, 6) is 0.154. The lowest BCUT2D eigenvalue weighted by atomic mass is 9.90. The number of ether oxygens (including phenoxy) is 2. The Hall–Kier alpha value is -0.170. The van der Waals surface area contributed by atoms with Crippen molar-refractivity contribution < 1.29 is 17.9 Å². The first-order valence-electron chi connectivity index (χ1n) is 6.92. The van der Waals surface area contributed by atoms with Crippen molar-refractivity contribution in [2.45, 2.75) is 51.7 Å². The fraction of sp³-hybridized carbons (Fsp3) is 1.00. The monoisotopic (exact) mass is 291 g/mol. The second kappa shape index (κ2) is 5.31. The molecule has 0 aliphatic carbocycles. The van der Waals surface area contributed by atoms with Gasteiger partial charge in [0.2, 0.25) is 10.0 Å². The van der Waals surface area contributed by atoms with Gasteiger partial charge in [-0.1, -0.05) is 20.8 Å². The fourth-order valence-corrected chi connectivity index (χ4v) is 4.79. The van der Waals surface area contributed by atoms with Crippen molar-refractivity contribution in [1.29, 1.82) is 0 Å². The molecule has 1 N–H and O–H groups in total. The maximum absolute atomic E-state index is 12.1. The van der Waals surface area contributed by atoms with Gasteiger partial charge in [-0.3, -0.25) is 0 Å². The molecule has 0 bridgehead atoms. The maximum atomic E-state index is 12.1. The lowest BCUT2D eigenvalue weighted by Gasteiger charge is -2.37. The first-order chi connectivity index (χ1) is 8.70. The zero-order chi connectivity index (χ0) is 14.1. The highest BCUT2D eigenvalue weighted by molar-refractivity contribution is 7.89. The lowest BCUT2D eigenvalue weighted by molar-refractivity contribution is -0.0868. The predicted molar refractivity (Wildman–Crippen MR) is 73.5 cm³/mol. The summed E-state index contributed by atoms with van der Waals surface area (Å²) in [6, 6.07) is -0.0252. The van der Waals surface area contributed by atoms with Crippen molar-refractivity contribution >= 4 is 10.0 Å². The summed E-state index contributed by atoms with van der Waals surface area (Å²) in [4.78, 5) is 0. The molecule has 112 valence electrons. The summed E-state index contributed by atoms with van der Waals surface area (Å²) in [5.41, 5.74) is -0.488. The van der Waals surface area contributed by atoms with E-state index in [1.54, 1.807) is 0 Å². The van der Waals surface area contributed by atoms with E-state index in [-0.39, 0.29) is 22.8 Å². The van der Waals surface area contributed by atoms with E-state index >= 15 is 0 Å². The van der Waals surface area contributed by atoms with Gasteiger partial charge >= 0.3 is 0 Å². The Balaban J connectivity index is 1.95. The summed E-state index contributed by atoms with van der Waals surface area (Å²) >= 11 is 0. The van der Waals surface area contributed by atoms with Crippen LogP contribution in [-0.2, 0) is 19.5 Å². The summed E-state index contributed by atoms with van der Waals surface area (Å²) in [7, 11) is -3.23. The van der Waals surface area contributed by atoms with E-state index < -0.39 is 10.0 Å². The molecule has 2 saturated heterocycles. The van der Waals surface area contributed by atoms with E-state index in [9.17, 15) is 8.42 Å². The van der Waals surface area contributed by atoms with Gasteiger partial charge in [0.1, 0.15) is 0 Å². The van der Waals surface area contributed by atoms with E-state index in [2.05, 4.69) is 4.72 Å². The number of hydrogen-bond donors (Lipinski definition) is 1. The van der Waals surface area contributed by atoms with E-state index in [4.69, 9.17) is 9.47 Å². The molecule has 6 heteroatoms. The van der Waals surface area contributed by atoms with E-state index in [0.29, 0.717) is 19.8 Å². The minimum Gasteiger partial charge on any atom is -0.378 e. The SMILES string of the molecule is CC(C)(C)CS(=O)(=O)N[C@H]1CCO[C@@]2(CCOC2)C1. The van der Waals surface area contributed by atoms with Crippen molar-refractivity contribution in [2.24, 2.45) is 5.41 Å². The van der Waals surface area contributed by atoms with Crippen molar-refractivity contribution in [3.8, 4) is 0 Å². The van der Waals surface area contributed by atoms with Crippen LogP contribution < -0.4 is 4.72 Å². The van der Waals surface area contributed by atoms with Crippen LogP contribution in [0.25, 0.3) is 0 Å². The van der Waals surface area contributed by atoms with Crippen LogP contribution >= 0.6 is 0 Å². The van der Waals surface area contributed by atoms with Crippen molar-refractivity contribution in [3.63, 3.8) is 0 Å². The summed E-state index contributed by atoms with van der Waals surface area (Å²) in [6.45, 7) is 7.70. The van der Waals surface area contributed by atoms with Crippen LogP contribution in [0.2, 0.25) is 0 Å². The number of rotatable bonds is 3. The molecular formula is C13H25NO4S. The normalized spacial score (nSPS) is 32.9. The largest absolute Gasteiger partial charge is 0.378 e. The van der Waals surface area contributed by atoms with Crippen LogP contribution in [0.3, 0.4) is 0 Å². The van der Waals surface area contributed by atoms with Crippen LogP contribution in [0.5, 0.6) is 0 Å². The number of nitrogens with one attached hydrogen (secondary N) is 1. The molecule has 2 aliphatic rings. The predicted octanol–water partition coefficient (Wildman–Crippen LogP) is 1.29. The van der Waals surface area contributed by atoms with Crippen LogP contribution in [0.4, 0.5) is 0 Å². The highest BCUT2D eigenvalue weighted by Gasteiger charge is 2.42. The van der Waals surface area contributed by atoms with Gasteiger partial charge in [0.25, 0.3) is 0 Å². The van der Waals surface area contributed by atoms with Gasteiger partial charge in [-0.2, -0.15) is 0 Å². The minimum atomic E-state index is -3.23. The Morgan fingerprint density at radius 2 is 2.05 bits per heavy atom. The third-order valence-corrected chi connectivity index (χ3v) is 5.47. The summed E-state index contributed by atoms with van der Waals surface area (Å²) < 4.78 is 38.3. The van der Waals surface area contributed by atoms with Gasteiger partial charge in [0.05, 0.1) is 18.0 Å². The average Bonchev–Trinajstić information content (AvgIpc) is 2.61. The lowest BCUT2D eigenvalue weighted by Crippen LogP contribution is -2.50. The van der Waals surface area contributed by atoms with Gasteiger partial charge in [0.15, 0.2) is 0 Å². The van der Waals surface area contributed by atoms with Crippen molar-refractivity contribution in [2.75, 3.05) is 25.6 Å². The van der Waals surface area contributed by atoms with Gasteiger partial charge in [-0.15, -0.1) is 0 Å². The molecule has 1 spiro atoms. The molecular weight excluding hydrogens is 266 g/mol. The average molecular weight is 291 g/mol. The molecule has 0 aromatic heterocycles. The molecule has 0 radical (unpaired) electrons. The highest BCUT2D eigenvalue weighted by Crippen LogP contribution is 2.33. The second-order valence-corrected chi connectivity index (χ2v) is 8.72. The van der Waals surface area contributed by atoms with Crippen LogP contribution in [0.1, 0.15) is 40.0 Å². The first-order valence-corrected chi connectivity index (χ1v) is 8.57. The number of sulfonamides is 1.